The molecule has 0 spiro atoms. The molecule has 1 fully saturated rings. The van der Waals surface area contributed by atoms with Gasteiger partial charge in [-0.05, 0) is 35.7 Å². The Kier molecular flexibility index (Phi) is 5.53. The molecule has 0 unspecified atom stereocenters. The second kappa shape index (κ2) is 8.41. The van der Waals surface area contributed by atoms with Crippen LogP contribution >= 0.6 is 0 Å². The van der Waals surface area contributed by atoms with Crippen molar-refractivity contribution in [1.29, 1.82) is 0 Å². The molecule has 3 aromatic carbocycles. The number of fused-ring (bicyclic) bond motifs is 1. The van der Waals surface area contributed by atoms with Gasteiger partial charge in [0.1, 0.15) is 11.9 Å². The number of benzene rings is 3. The van der Waals surface area contributed by atoms with Crippen molar-refractivity contribution >= 4 is 22.2 Å². The van der Waals surface area contributed by atoms with Gasteiger partial charge in [-0.1, -0.05) is 42.5 Å². The Hall–Kier alpha value is -3.25. The Balaban J connectivity index is 1.31. The van der Waals surface area contributed by atoms with E-state index in [1.807, 2.05) is 42.5 Å². The fraction of sp³-hybridized carbons (Fsp3) is 0.261. The minimum atomic E-state index is -0.423. The molecule has 29 heavy (non-hydrogen) atoms. The summed E-state index contributed by atoms with van der Waals surface area (Å²) in [6, 6.07) is 20.1. The highest BCUT2D eigenvalue weighted by molar-refractivity contribution is 6.01. The zero-order chi connectivity index (χ0) is 20.2. The van der Waals surface area contributed by atoms with E-state index in [1.54, 1.807) is 12.1 Å². The molecule has 0 amide bonds. The first-order valence-corrected chi connectivity index (χ1v) is 9.74. The first-order valence-electron chi connectivity index (χ1n) is 9.74. The van der Waals surface area contributed by atoms with Crippen molar-refractivity contribution in [3.8, 4) is 5.75 Å². The first-order chi connectivity index (χ1) is 14.1. The first kappa shape index (κ1) is 19.1. The lowest BCUT2D eigenvalue weighted by Gasteiger charge is -2.31. The molecule has 1 aliphatic heterocycles. The van der Waals surface area contributed by atoms with Crippen LogP contribution in [-0.4, -0.2) is 41.3 Å². The predicted molar refractivity (Wildman–Crippen MR) is 111 cm³/mol. The number of non-ortho nitro benzene ring substituents is 1. The van der Waals surface area contributed by atoms with Gasteiger partial charge in [-0.2, -0.15) is 0 Å². The zero-order valence-electron chi connectivity index (χ0n) is 16.0. The number of piperidine rings is 1. The molecule has 0 aliphatic carbocycles. The number of carbonyl (C=O) groups excluding carboxylic acids is 1. The quantitative estimate of drug-likeness (QED) is 0.353. The van der Waals surface area contributed by atoms with Crippen molar-refractivity contribution in [3.05, 3.63) is 82.4 Å². The Bertz CT molecular complexity index is 1040. The van der Waals surface area contributed by atoms with Crippen LogP contribution in [0.1, 0.15) is 23.2 Å². The number of likely N-dealkylation sites (tertiary alicyclic amines) is 1. The maximum Gasteiger partial charge on any atom is 0.273 e. The van der Waals surface area contributed by atoms with Crippen LogP contribution < -0.4 is 4.74 Å². The van der Waals surface area contributed by atoms with Gasteiger partial charge >= 0.3 is 0 Å². The van der Waals surface area contributed by atoms with Crippen molar-refractivity contribution < 1.29 is 14.5 Å². The average molecular weight is 390 g/mol. The second-order valence-corrected chi connectivity index (χ2v) is 7.33. The van der Waals surface area contributed by atoms with Crippen LogP contribution in [0.2, 0.25) is 0 Å². The Morgan fingerprint density at radius 1 is 1.00 bits per heavy atom. The SMILES string of the molecule is O=C(CN1CCC(Oc2cccc([N+](=O)[O-])c2)CC1)c1ccc2ccccc2c1. The van der Waals surface area contributed by atoms with E-state index in [0.29, 0.717) is 12.3 Å². The molecule has 0 bridgehead atoms. The Labute approximate surface area is 168 Å². The lowest BCUT2D eigenvalue weighted by atomic mass is 10.0. The van der Waals surface area contributed by atoms with E-state index in [0.717, 1.165) is 42.3 Å². The normalized spacial score (nSPS) is 15.3. The van der Waals surface area contributed by atoms with Crippen LogP contribution in [0.5, 0.6) is 5.75 Å². The van der Waals surface area contributed by atoms with Crippen LogP contribution in [-0.2, 0) is 0 Å². The molecule has 1 heterocycles. The summed E-state index contributed by atoms with van der Waals surface area (Å²) in [5, 5.41) is 13.1. The van der Waals surface area contributed by atoms with Gasteiger partial charge < -0.3 is 4.74 Å². The number of hydrogen-bond acceptors (Lipinski definition) is 5. The maximum absolute atomic E-state index is 12.7. The van der Waals surface area contributed by atoms with Crippen LogP contribution in [0.25, 0.3) is 10.8 Å². The van der Waals surface area contributed by atoms with Crippen LogP contribution in [0.15, 0.2) is 66.7 Å². The van der Waals surface area contributed by atoms with E-state index in [1.165, 1.54) is 12.1 Å². The molecule has 0 atom stereocenters. The summed E-state index contributed by atoms with van der Waals surface area (Å²) in [4.78, 5) is 25.3. The zero-order valence-corrected chi connectivity index (χ0v) is 16.0. The monoisotopic (exact) mass is 390 g/mol. The number of nitro groups is 1. The molecule has 6 heteroatoms. The van der Waals surface area contributed by atoms with Crippen molar-refractivity contribution in [2.24, 2.45) is 0 Å². The van der Waals surface area contributed by atoms with Crippen LogP contribution in [0, 0.1) is 10.1 Å². The number of hydrogen-bond donors (Lipinski definition) is 0. The van der Waals surface area contributed by atoms with Gasteiger partial charge in [0.15, 0.2) is 5.78 Å². The lowest BCUT2D eigenvalue weighted by molar-refractivity contribution is -0.385. The molecule has 0 saturated carbocycles. The van der Waals surface area contributed by atoms with Gasteiger partial charge in [0, 0.05) is 24.7 Å². The van der Waals surface area contributed by atoms with Gasteiger partial charge in [0.25, 0.3) is 5.69 Å². The highest BCUT2D eigenvalue weighted by atomic mass is 16.6. The summed E-state index contributed by atoms with van der Waals surface area (Å²) < 4.78 is 5.92. The largest absolute Gasteiger partial charge is 0.490 e. The third kappa shape index (κ3) is 4.60. The third-order valence-electron chi connectivity index (χ3n) is 5.30. The topological polar surface area (TPSA) is 72.7 Å². The fourth-order valence-corrected chi connectivity index (χ4v) is 3.71. The van der Waals surface area contributed by atoms with E-state index in [4.69, 9.17) is 4.74 Å². The van der Waals surface area contributed by atoms with Gasteiger partial charge in [-0.3, -0.25) is 19.8 Å². The van der Waals surface area contributed by atoms with E-state index in [9.17, 15) is 14.9 Å². The molecule has 1 aliphatic rings. The van der Waals surface area contributed by atoms with Gasteiger partial charge in [0.05, 0.1) is 17.5 Å². The molecule has 4 rings (SSSR count). The minimum Gasteiger partial charge on any atom is -0.490 e. The number of ketones is 1. The summed E-state index contributed by atoms with van der Waals surface area (Å²) in [7, 11) is 0. The van der Waals surface area contributed by atoms with Gasteiger partial charge in [-0.25, -0.2) is 0 Å². The van der Waals surface area contributed by atoms with Crippen molar-refractivity contribution in [3.63, 3.8) is 0 Å². The number of rotatable bonds is 6. The summed E-state index contributed by atoms with van der Waals surface area (Å²) in [6.07, 6.45) is 1.57. The van der Waals surface area contributed by atoms with E-state index < -0.39 is 4.92 Å². The van der Waals surface area contributed by atoms with Gasteiger partial charge in [0.2, 0.25) is 0 Å². The molecular weight excluding hydrogens is 368 g/mol. The van der Waals surface area contributed by atoms with Crippen LogP contribution in [0.4, 0.5) is 5.69 Å². The third-order valence-corrected chi connectivity index (χ3v) is 5.30. The van der Waals surface area contributed by atoms with E-state index in [-0.39, 0.29) is 17.6 Å². The molecule has 1 saturated heterocycles. The summed E-state index contributed by atoms with van der Waals surface area (Å²) >= 11 is 0. The summed E-state index contributed by atoms with van der Waals surface area (Å²) in [6.45, 7) is 1.92. The maximum atomic E-state index is 12.7. The molecule has 0 radical (unpaired) electrons. The van der Waals surface area contributed by atoms with Gasteiger partial charge in [-0.15, -0.1) is 0 Å². The van der Waals surface area contributed by atoms with Crippen LogP contribution in [0.3, 0.4) is 0 Å². The van der Waals surface area contributed by atoms with E-state index >= 15 is 0 Å². The molecule has 0 aromatic heterocycles. The molecule has 3 aromatic rings. The number of ether oxygens (including phenoxy) is 1. The second-order valence-electron chi connectivity index (χ2n) is 7.33. The van der Waals surface area contributed by atoms with E-state index in [2.05, 4.69) is 4.90 Å². The molecule has 148 valence electrons. The van der Waals surface area contributed by atoms with Crippen molar-refractivity contribution in [1.82, 2.24) is 4.90 Å². The molecular formula is C23H22N2O4. The smallest absolute Gasteiger partial charge is 0.273 e. The number of Topliss-reactive ketones (excluding diaryl/α,β-unsaturated/α-hetero) is 1. The summed E-state index contributed by atoms with van der Waals surface area (Å²) in [5.74, 6) is 0.638. The van der Waals surface area contributed by atoms with Crippen molar-refractivity contribution in [2.75, 3.05) is 19.6 Å². The minimum absolute atomic E-state index is 0.00373. The predicted octanol–water partition coefficient (Wildman–Crippen LogP) is 4.47. The fourth-order valence-electron chi connectivity index (χ4n) is 3.71. The van der Waals surface area contributed by atoms with Crippen molar-refractivity contribution in [2.45, 2.75) is 18.9 Å². The lowest BCUT2D eigenvalue weighted by Crippen LogP contribution is -2.40. The number of nitro benzene ring substituents is 1. The molecule has 6 nitrogen and oxygen atoms in total. The number of nitrogens with zero attached hydrogens (tertiary/aromatic N) is 2. The Morgan fingerprint density at radius 2 is 1.76 bits per heavy atom. The Morgan fingerprint density at radius 3 is 2.52 bits per heavy atom. The average Bonchev–Trinajstić information content (AvgIpc) is 2.75. The highest BCUT2D eigenvalue weighted by Gasteiger charge is 2.23. The number of carbonyl (C=O) groups is 1. The summed E-state index contributed by atoms with van der Waals surface area (Å²) in [5.41, 5.74) is 0.764. The highest BCUT2D eigenvalue weighted by Crippen LogP contribution is 2.23. The standard InChI is InChI=1S/C23H22N2O4/c26-23(19-9-8-17-4-1-2-5-18(17)14-19)16-24-12-10-21(11-13-24)29-22-7-3-6-20(15-22)25(27)28/h1-9,14-15,21H,10-13,16H2. The molecule has 0 N–H and O–H groups in total.